The molecular weight excluding hydrogens is 471 g/mol. The molecule has 184 valence electrons. The molecule has 0 aliphatic heterocycles. The molecule has 2 amide bonds. The summed E-state index contributed by atoms with van der Waals surface area (Å²) < 4.78 is 15.7. The van der Waals surface area contributed by atoms with E-state index in [1.165, 1.54) is 29.2 Å². The van der Waals surface area contributed by atoms with Crippen molar-refractivity contribution in [2.45, 2.75) is 43.7 Å². The van der Waals surface area contributed by atoms with Gasteiger partial charge in [-0.15, -0.1) is 0 Å². The summed E-state index contributed by atoms with van der Waals surface area (Å²) in [6, 6.07) is 14.5. The highest BCUT2D eigenvalue weighted by molar-refractivity contribution is 6.13. The summed E-state index contributed by atoms with van der Waals surface area (Å²) in [5, 5.41) is 19.9. The average molecular weight is 495 g/mol. The second-order valence-electron chi connectivity index (χ2n) is 9.70. The Bertz CT molecular complexity index is 1580. The largest absolute Gasteiger partial charge is 0.352 e. The van der Waals surface area contributed by atoms with Crippen LogP contribution in [0.4, 0.5) is 10.1 Å². The van der Waals surface area contributed by atoms with Crippen LogP contribution < -0.4 is 10.6 Å². The molecule has 2 aliphatic carbocycles. The maximum absolute atomic E-state index is 14.3. The number of aromatic nitrogens is 3. The Hall–Kier alpha value is -4.58. The molecule has 2 fully saturated rings. The highest BCUT2D eigenvalue weighted by Crippen LogP contribution is 2.48. The lowest BCUT2D eigenvalue weighted by atomic mass is 9.92. The predicted octanol–water partition coefficient (Wildman–Crippen LogP) is 4.32. The molecule has 0 radical (unpaired) electrons. The number of amides is 2. The molecule has 2 N–H and O–H groups in total. The summed E-state index contributed by atoms with van der Waals surface area (Å²) in [6.45, 7) is 0.0605. The number of rotatable bonds is 7. The third-order valence-corrected chi connectivity index (χ3v) is 6.90. The Labute approximate surface area is 212 Å². The first-order valence-electron chi connectivity index (χ1n) is 12.2. The van der Waals surface area contributed by atoms with Crippen molar-refractivity contribution in [1.82, 2.24) is 20.1 Å². The van der Waals surface area contributed by atoms with Gasteiger partial charge in [0, 0.05) is 29.4 Å². The summed E-state index contributed by atoms with van der Waals surface area (Å²) in [4.78, 5) is 29.8. The first-order chi connectivity index (χ1) is 17.9. The molecule has 0 bridgehead atoms. The van der Waals surface area contributed by atoms with E-state index in [1.54, 1.807) is 12.3 Å². The zero-order valence-electron chi connectivity index (χ0n) is 19.9. The quantitative estimate of drug-likeness (QED) is 0.397. The van der Waals surface area contributed by atoms with Crippen molar-refractivity contribution >= 4 is 28.4 Å². The Morgan fingerprint density at radius 1 is 1.14 bits per heavy atom. The number of hydrogen-bond donors (Lipinski definition) is 2. The number of nitrogens with one attached hydrogen (secondary N) is 2. The first-order valence-corrected chi connectivity index (χ1v) is 12.2. The average Bonchev–Trinajstić information content (AvgIpc) is 3.83. The first kappa shape index (κ1) is 22.9. The normalized spacial score (nSPS) is 15.7. The molecular formula is C28H23FN6O2. The van der Waals surface area contributed by atoms with Crippen LogP contribution in [0.1, 0.15) is 41.6 Å². The third-order valence-electron chi connectivity index (χ3n) is 6.90. The Morgan fingerprint density at radius 3 is 2.62 bits per heavy atom. The van der Waals surface area contributed by atoms with Gasteiger partial charge in [-0.25, -0.2) is 4.39 Å². The van der Waals surface area contributed by atoms with Crippen LogP contribution in [0.5, 0.6) is 0 Å². The van der Waals surface area contributed by atoms with E-state index in [-0.39, 0.29) is 24.1 Å². The van der Waals surface area contributed by atoms with Crippen LogP contribution in [0.3, 0.4) is 0 Å². The van der Waals surface area contributed by atoms with E-state index in [4.69, 9.17) is 0 Å². The molecule has 0 unspecified atom stereocenters. The number of carbonyl (C=O) groups is 2. The van der Waals surface area contributed by atoms with Crippen LogP contribution in [-0.4, -0.2) is 32.6 Å². The van der Waals surface area contributed by atoms with Crippen LogP contribution in [0.25, 0.3) is 22.0 Å². The van der Waals surface area contributed by atoms with Crippen molar-refractivity contribution in [1.29, 1.82) is 5.26 Å². The fourth-order valence-electron chi connectivity index (χ4n) is 4.56. The van der Waals surface area contributed by atoms with Crippen LogP contribution in [-0.2, 0) is 16.8 Å². The molecule has 2 saturated carbocycles. The summed E-state index contributed by atoms with van der Waals surface area (Å²) in [5.74, 6) is -0.994. The van der Waals surface area contributed by atoms with Gasteiger partial charge in [0.1, 0.15) is 12.4 Å². The van der Waals surface area contributed by atoms with Crippen molar-refractivity contribution in [2.75, 3.05) is 5.32 Å². The van der Waals surface area contributed by atoms with Gasteiger partial charge in [0.2, 0.25) is 5.91 Å². The van der Waals surface area contributed by atoms with Crippen molar-refractivity contribution in [3.63, 3.8) is 0 Å². The number of hydrogen-bond acceptors (Lipinski definition) is 5. The van der Waals surface area contributed by atoms with E-state index in [1.807, 2.05) is 24.3 Å². The highest BCUT2D eigenvalue weighted by Gasteiger charge is 2.44. The SMILES string of the molecule is N#CC1(c2ccc(-c3c(C(=O)Nc4cnn(CC(=O)NC5CC5)c4)cnc4ccc(F)cc34)cc2)CC1. The zero-order valence-corrected chi connectivity index (χ0v) is 19.9. The van der Waals surface area contributed by atoms with Gasteiger partial charge in [-0.05, 0) is 55.0 Å². The standard InChI is InChI=1S/C28H23FN6O2/c29-19-5-8-24-22(11-19)26(17-1-3-18(4-2-17)28(16-30)9-10-28)23(13-31-24)27(37)34-21-12-32-35(14-21)15-25(36)33-20-6-7-20/h1-5,8,11-14,20H,6-7,9-10,15H2,(H,33,36)(H,34,37). The number of benzene rings is 2. The molecule has 37 heavy (non-hydrogen) atoms. The lowest BCUT2D eigenvalue weighted by Crippen LogP contribution is -2.29. The van der Waals surface area contributed by atoms with Gasteiger partial charge in [-0.2, -0.15) is 10.4 Å². The Balaban J connectivity index is 1.31. The minimum absolute atomic E-state index is 0.0605. The van der Waals surface area contributed by atoms with Crippen LogP contribution >= 0.6 is 0 Å². The summed E-state index contributed by atoms with van der Waals surface area (Å²) >= 11 is 0. The maximum atomic E-state index is 14.3. The lowest BCUT2D eigenvalue weighted by molar-refractivity contribution is -0.122. The minimum Gasteiger partial charge on any atom is -0.352 e. The molecule has 2 aliphatic rings. The Morgan fingerprint density at radius 2 is 1.92 bits per heavy atom. The number of nitrogens with zero attached hydrogens (tertiary/aromatic N) is 4. The van der Waals surface area contributed by atoms with Crippen molar-refractivity contribution in [2.24, 2.45) is 0 Å². The molecule has 2 aromatic carbocycles. The molecule has 0 saturated heterocycles. The molecule has 4 aromatic rings. The van der Waals surface area contributed by atoms with E-state index in [9.17, 15) is 19.2 Å². The molecule has 8 nitrogen and oxygen atoms in total. The van der Waals surface area contributed by atoms with Crippen LogP contribution in [0.15, 0.2) is 61.1 Å². The molecule has 6 rings (SSSR count). The highest BCUT2D eigenvalue weighted by atomic mass is 19.1. The van der Waals surface area contributed by atoms with Gasteiger partial charge in [0.05, 0.1) is 34.4 Å². The molecule has 0 spiro atoms. The van der Waals surface area contributed by atoms with Gasteiger partial charge >= 0.3 is 0 Å². The molecule has 9 heteroatoms. The van der Waals surface area contributed by atoms with E-state index < -0.39 is 17.1 Å². The van der Waals surface area contributed by atoms with Gasteiger partial charge in [-0.1, -0.05) is 24.3 Å². The predicted molar refractivity (Wildman–Crippen MR) is 135 cm³/mol. The monoisotopic (exact) mass is 494 g/mol. The summed E-state index contributed by atoms with van der Waals surface area (Å²) in [6.07, 6.45) is 8.20. The number of anilines is 1. The number of nitriles is 1. The number of carbonyl (C=O) groups excluding carboxylic acids is 2. The van der Waals surface area contributed by atoms with Gasteiger partial charge in [0.15, 0.2) is 0 Å². The van der Waals surface area contributed by atoms with Crippen molar-refractivity contribution in [3.05, 3.63) is 78.0 Å². The second-order valence-corrected chi connectivity index (χ2v) is 9.70. The summed E-state index contributed by atoms with van der Waals surface area (Å²) in [5.41, 5.74) is 3.02. The van der Waals surface area contributed by atoms with Crippen molar-refractivity contribution < 1.29 is 14.0 Å². The topological polar surface area (TPSA) is 113 Å². The molecule has 2 heterocycles. The van der Waals surface area contributed by atoms with E-state index >= 15 is 0 Å². The van der Waals surface area contributed by atoms with E-state index in [0.717, 1.165) is 31.2 Å². The molecule has 2 aromatic heterocycles. The number of halogens is 1. The molecule has 0 atom stereocenters. The van der Waals surface area contributed by atoms with Crippen LogP contribution in [0.2, 0.25) is 0 Å². The third kappa shape index (κ3) is 4.54. The summed E-state index contributed by atoms with van der Waals surface area (Å²) in [7, 11) is 0. The fourth-order valence-corrected chi connectivity index (χ4v) is 4.56. The zero-order chi connectivity index (χ0) is 25.6. The number of pyridine rings is 1. The van der Waals surface area contributed by atoms with Gasteiger partial charge in [-0.3, -0.25) is 19.3 Å². The Kier molecular flexibility index (Phi) is 5.45. The lowest BCUT2D eigenvalue weighted by Gasteiger charge is -2.14. The van der Waals surface area contributed by atoms with E-state index in [2.05, 4.69) is 26.8 Å². The van der Waals surface area contributed by atoms with Gasteiger partial charge < -0.3 is 10.6 Å². The fraction of sp³-hybridized carbons (Fsp3) is 0.250. The van der Waals surface area contributed by atoms with Crippen molar-refractivity contribution in [3.8, 4) is 17.2 Å². The smallest absolute Gasteiger partial charge is 0.257 e. The van der Waals surface area contributed by atoms with Crippen LogP contribution in [0, 0.1) is 17.1 Å². The second kappa shape index (κ2) is 8.82. The van der Waals surface area contributed by atoms with Gasteiger partial charge in [0.25, 0.3) is 5.91 Å². The minimum atomic E-state index is -0.435. The van der Waals surface area contributed by atoms with E-state index in [0.29, 0.717) is 27.7 Å². The number of fused-ring (bicyclic) bond motifs is 1. The maximum Gasteiger partial charge on any atom is 0.257 e.